The summed E-state index contributed by atoms with van der Waals surface area (Å²) >= 11 is 24.9. The number of hydrogen-bond acceptors (Lipinski definition) is 4. The third kappa shape index (κ3) is 8.04. The van der Waals surface area contributed by atoms with Crippen LogP contribution in [0.5, 0.6) is 0 Å². The lowest BCUT2D eigenvalue weighted by molar-refractivity contribution is -0.140. The van der Waals surface area contributed by atoms with Crippen LogP contribution in [0.3, 0.4) is 0 Å². The minimum absolute atomic E-state index is 0.0317. The minimum Gasteiger partial charge on any atom is -0.352 e. The molecule has 0 aliphatic heterocycles. The number of nitrogens with one attached hydrogen (secondary N) is 1. The van der Waals surface area contributed by atoms with Crippen molar-refractivity contribution in [2.24, 2.45) is 0 Å². The number of carbonyl (C=O) groups is 2. The Labute approximate surface area is 255 Å². The van der Waals surface area contributed by atoms with E-state index in [1.54, 1.807) is 37.3 Å². The molecule has 3 aromatic carbocycles. The summed E-state index contributed by atoms with van der Waals surface area (Å²) in [6.45, 7) is 4.69. The van der Waals surface area contributed by atoms with Crippen molar-refractivity contribution in [1.82, 2.24) is 10.2 Å². The van der Waals surface area contributed by atoms with Gasteiger partial charge < -0.3 is 10.2 Å². The topological polar surface area (TPSA) is 86.8 Å². The van der Waals surface area contributed by atoms with Crippen LogP contribution in [0, 0.1) is 0 Å². The fourth-order valence-electron chi connectivity index (χ4n) is 4.07. The number of hydrogen-bond donors (Lipinski definition) is 1. The summed E-state index contributed by atoms with van der Waals surface area (Å²) in [6, 6.07) is 15.7. The summed E-state index contributed by atoms with van der Waals surface area (Å²) in [5.74, 6) is -1.01. The molecule has 0 aliphatic rings. The molecule has 12 heteroatoms. The maximum absolute atomic E-state index is 14.1. The Morgan fingerprint density at radius 1 is 0.875 bits per heavy atom. The van der Waals surface area contributed by atoms with Gasteiger partial charge in [-0.1, -0.05) is 77.6 Å². The van der Waals surface area contributed by atoms with Crippen LogP contribution >= 0.6 is 46.4 Å². The second-order valence-corrected chi connectivity index (χ2v) is 12.9. The molecule has 40 heavy (non-hydrogen) atoms. The first kappa shape index (κ1) is 32.0. The first-order valence-electron chi connectivity index (χ1n) is 12.4. The van der Waals surface area contributed by atoms with E-state index in [-0.39, 0.29) is 45.5 Å². The van der Waals surface area contributed by atoms with Crippen LogP contribution < -0.4 is 9.62 Å². The SMILES string of the molecule is CC[C@H](C(=O)NC(C)C)N(Cc1ccc(Cl)cc1Cl)C(=O)CN(c1cc(Cl)cc(Cl)c1)S(=O)(=O)c1ccccc1. The van der Waals surface area contributed by atoms with Crippen molar-refractivity contribution in [1.29, 1.82) is 0 Å². The molecule has 0 radical (unpaired) electrons. The lowest BCUT2D eigenvalue weighted by atomic mass is 10.1. The highest BCUT2D eigenvalue weighted by molar-refractivity contribution is 7.92. The van der Waals surface area contributed by atoms with Crippen molar-refractivity contribution in [2.75, 3.05) is 10.8 Å². The fraction of sp³-hybridized carbons (Fsp3) is 0.286. The zero-order valence-corrected chi connectivity index (χ0v) is 25.9. The van der Waals surface area contributed by atoms with Gasteiger partial charge in [-0.15, -0.1) is 0 Å². The summed E-state index contributed by atoms with van der Waals surface area (Å²) in [7, 11) is -4.25. The second-order valence-electron chi connectivity index (χ2n) is 9.30. The van der Waals surface area contributed by atoms with Crippen LogP contribution in [0.2, 0.25) is 20.1 Å². The van der Waals surface area contributed by atoms with Gasteiger partial charge in [0.15, 0.2) is 0 Å². The first-order valence-corrected chi connectivity index (χ1v) is 15.4. The van der Waals surface area contributed by atoms with E-state index in [1.165, 1.54) is 41.3 Å². The molecule has 0 bridgehead atoms. The Bertz CT molecular complexity index is 1450. The van der Waals surface area contributed by atoms with E-state index in [2.05, 4.69) is 5.32 Å². The number of nitrogens with zero attached hydrogens (tertiary/aromatic N) is 2. The van der Waals surface area contributed by atoms with Crippen LogP contribution in [0.25, 0.3) is 0 Å². The van der Waals surface area contributed by atoms with Gasteiger partial charge in [-0.3, -0.25) is 13.9 Å². The van der Waals surface area contributed by atoms with Crippen molar-refractivity contribution in [3.8, 4) is 0 Å². The van der Waals surface area contributed by atoms with Gasteiger partial charge in [0.2, 0.25) is 11.8 Å². The summed E-state index contributed by atoms with van der Waals surface area (Å²) in [4.78, 5) is 28.5. The average molecular weight is 645 g/mol. The second kappa shape index (κ2) is 13.9. The van der Waals surface area contributed by atoms with Gasteiger partial charge in [-0.25, -0.2) is 8.42 Å². The molecule has 2 amide bonds. The summed E-state index contributed by atoms with van der Waals surface area (Å²) in [5, 5.41) is 3.94. The van der Waals surface area contributed by atoms with E-state index in [4.69, 9.17) is 46.4 Å². The van der Waals surface area contributed by atoms with Crippen molar-refractivity contribution in [3.05, 3.63) is 92.4 Å². The van der Waals surface area contributed by atoms with Crippen LogP contribution in [0.1, 0.15) is 32.8 Å². The number of rotatable bonds is 11. The van der Waals surface area contributed by atoms with Gasteiger partial charge in [-0.2, -0.15) is 0 Å². The smallest absolute Gasteiger partial charge is 0.264 e. The molecule has 0 fully saturated rings. The average Bonchev–Trinajstić information content (AvgIpc) is 2.87. The van der Waals surface area contributed by atoms with E-state index < -0.39 is 28.5 Å². The maximum Gasteiger partial charge on any atom is 0.264 e. The molecule has 214 valence electrons. The molecule has 3 aromatic rings. The van der Waals surface area contributed by atoms with Crippen LogP contribution in [0.15, 0.2) is 71.6 Å². The first-order chi connectivity index (χ1) is 18.8. The van der Waals surface area contributed by atoms with Crippen LogP contribution in [0.4, 0.5) is 5.69 Å². The molecular formula is C28H29Cl4N3O4S. The Balaban J connectivity index is 2.11. The fourth-order valence-corrected chi connectivity index (χ4v) is 6.47. The quantitative estimate of drug-likeness (QED) is 0.248. The highest BCUT2D eigenvalue weighted by Gasteiger charge is 2.34. The van der Waals surface area contributed by atoms with Crippen LogP contribution in [-0.4, -0.2) is 43.8 Å². The third-order valence-electron chi connectivity index (χ3n) is 5.92. The Morgan fingerprint density at radius 3 is 2.05 bits per heavy atom. The highest BCUT2D eigenvalue weighted by atomic mass is 35.5. The lowest BCUT2D eigenvalue weighted by Crippen LogP contribution is -2.53. The van der Waals surface area contributed by atoms with E-state index in [0.717, 1.165) is 4.31 Å². The maximum atomic E-state index is 14.1. The number of anilines is 1. The Hall–Kier alpha value is -2.49. The molecular weight excluding hydrogens is 616 g/mol. The minimum atomic E-state index is -4.25. The van der Waals surface area contributed by atoms with Gasteiger partial charge in [0.25, 0.3) is 10.0 Å². The molecule has 7 nitrogen and oxygen atoms in total. The van der Waals surface area contributed by atoms with E-state index >= 15 is 0 Å². The number of halogens is 4. The van der Waals surface area contributed by atoms with Gasteiger partial charge >= 0.3 is 0 Å². The highest BCUT2D eigenvalue weighted by Crippen LogP contribution is 2.30. The molecule has 3 rings (SSSR count). The Morgan fingerprint density at radius 2 is 1.50 bits per heavy atom. The molecule has 1 atom stereocenters. The van der Waals surface area contributed by atoms with Crippen molar-refractivity contribution in [3.63, 3.8) is 0 Å². The standard InChI is InChI=1S/C28H29Cl4N3O4S/c1-4-26(28(37)33-18(2)3)34(16-19-10-11-20(29)15-25(19)32)27(36)17-35(23-13-21(30)12-22(31)14-23)40(38,39)24-8-6-5-7-9-24/h5-15,18,26H,4,16-17H2,1-3H3,(H,33,37)/t26-/m1/s1. The lowest BCUT2D eigenvalue weighted by Gasteiger charge is -2.33. The molecule has 0 aromatic heterocycles. The molecule has 1 N–H and O–H groups in total. The van der Waals surface area contributed by atoms with E-state index in [9.17, 15) is 18.0 Å². The zero-order chi connectivity index (χ0) is 29.6. The molecule has 0 aliphatic carbocycles. The Kier molecular flexibility index (Phi) is 11.1. The largest absolute Gasteiger partial charge is 0.352 e. The number of benzene rings is 3. The van der Waals surface area contributed by atoms with Gasteiger partial charge in [0.1, 0.15) is 12.6 Å². The van der Waals surface area contributed by atoms with E-state index in [1.807, 2.05) is 13.8 Å². The van der Waals surface area contributed by atoms with Crippen molar-refractivity contribution >= 4 is 73.9 Å². The van der Waals surface area contributed by atoms with Crippen LogP contribution in [-0.2, 0) is 26.2 Å². The molecule has 0 saturated carbocycles. The molecule has 0 spiro atoms. The summed E-state index contributed by atoms with van der Waals surface area (Å²) < 4.78 is 28.6. The van der Waals surface area contributed by atoms with Gasteiger partial charge in [0.05, 0.1) is 10.6 Å². The zero-order valence-electron chi connectivity index (χ0n) is 22.1. The number of amides is 2. The number of sulfonamides is 1. The molecule has 0 saturated heterocycles. The summed E-state index contributed by atoms with van der Waals surface area (Å²) in [6.07, 6.45) is 0.268. The molecule has 0 heterocycles. The predicted molar refractivity (Wildman–Crippen MR) is 162 cm³/mol. The van der Waals surface area contributed by atoms with Gasteiger partial charge in [0, 0.05) is 32.7 Å². The van der Waals surface area contributed by atoms with E-state index in [0.29, 0.717) is 15.6 Å². The van der Waals surface area contributed by atoms with Crippen molar-refractivity contribution < 1.29 is 18.0 Å². The molecule has 0 unspecified atom stereocenters. The third-order valence-corrected chi connectivity index (χ3v) is 8.73. The normalized spacial score (nSPS) is 12.2. The predicted octanol–water partition coefficient (Wildman–Crippen LogP) is 6.83. The number of carbonyl (C=O) groups excluding carboxylic acids is 2. The van der Waals surface area contributed by atoms with Gasteiger partial charge in [-0.05, 0) is 68.3 Å². The monoisotopic (exact) mass is 643 g/mol. The summed E-state index contributed by atoms with van der Waals surface area (Å²) in [5.41, 5.74) is 0.636. The van der Waals surface area contributed by atoms with Crippen molar-refractivity contribution in [2.45, 2.75) is 50.7 Å².